The van der Waals surface area contributed by atoms with E-state index in [4.69, 9.17) is 4.52 Å². The predicted octanol–water partition coefficient (Wildman–Crippen LogP) is 2.78. The average molecular weight is 409 g/mol. The lowest BCUT2D eigenvalue weighted by Gasteiger charge is -2.08. The minimum atomic E-state index is -0.264. The van der Waals surface area contributed by atoms with Crippen LogP contribution in [0.2, 0.25) is 0 Å². The molecular weight excluding hydrogens is 388 g/mol. The third-order valence-corrected chi connectivity index (χ3v) is 4.40. The SMILES string of the molecule is CCc1noc(CCCC(=O)NCC(=O)Nc2ccc(Br)c(C)c2)n1. The number of aromatic nitrogens is 2. The second kappa shape index (κ2) is 9.31. The van der Waals surface area contributed by atoms with E-state index >= 15 is 0 Å². The first-order valence-corrected chi connectivity index (χ1v) is 8.91. The van der Waals surface area contributed by atoms with Crippen LogP contribution in [0.1, 0.15) is 37.0 Å². The van der Waals surface area contributed by atoms with Gasteiger partial charge in [-0.25, -0.2) is 0 Å². The van der Waals surface area contributed by atoms with E-state index < -0.39 is 0 Å². The molecule has 0 spiro atoms. The van der Waals surface area contributed by atoms with Gasteiger partial charge >= 0.3 is 0 Å². The van der Waals surface area contributed by atoms with E-state index in [9.17, 15) is 9.59 Å². The largest absolute Gasteiger partial charge is 0.347 e. The van der Waals surface area contributed by atoms with Crippen molar-refractivity contribution in [2.45, 2.75) is 39.5 Å². The molecule has 0 saturated carbocycles. The van der Waals surface area contributed by atoms with Gasteiger partial charge in [-0.1, -0.05) is 28.0 Å². The van der Waals surface area contributed by atoms with Crippen molar-refractivity contribution in [3.8, 4) is 0 Å². The van der Waals surface area contributed by atoms with Gasteiger partial charge in [-0.2, -0.15) is 4.98 Å². The fourth-order valence-corrected chi connectivity index (χ4v) is 2.38. The number of carbonyl (C=O) groups excluding carboxylic acids is 2. The van der Waals surface area contributed by atoms with E-state index in [1.165, 1.54) is 0 Å². The van der Waals surface area contributed by atoms with Crippen LogP contribution in [0.4, 0.5) is 5.69 Å². The number of nitrogens with zero attached hydrogens (tertiary/aromatic N) is 2. The molecular formula is C17H21BrN4O3. The number of benzene rings is 1. The Balaban J connectivity index is 1.66. The molecule has 2 N–H and O–H groups in total. The van der Waals surface area contributed by atoms with Crippen LogP contribution in [-0.4, -0.2) is 28.5 Å². The van der Waals surface area contributed by atoms with Crippen LogP contribution in [0.15, 0.2) is 27.2 Å². The Bertz CT molecular complexity index is 745. The molecule has 0 unspecified atom stereocenters. The Morgan fingerprint density at radius 3 is 2.76 bits per heavy atom. The van der Waals surface area contributed by atoms with Crippen LogP contribution in [0.3, 0.4) is 0 Å². The van der Waals surface area contributed by atoms with E-state index in [1.807, 2.05) is 26.0 Å². The first-order valence-electron chi connectivity index (χ1n) is 8.12. The van der Waals surface area contributed by atoms with Crippen molar-refractivity contribution in [3.63, 3.8) is 0 Å². The molecule has 0 aliphatic rings. The van der Waals surface area contributed by atoms with Gasteiger partial charge in [-0.15, -0.1) is 0 Å². The van der Waals surface area contributed by atoms with Gasteiger partial charge in [0.15, 0.2) is 5.82 Å². The fraction of sp³-hybridized carbons (Fsp3) is 0.412. The van der Waals surface area contributed by atoms with Crippen molar-refractivity contribution in [1.29, 1.82) is 0 Å². The van der Waals surface area contributed by atoms with E-state index in [2.05, 4.69) is 36.7 Å². The van der Waals surface area contributed by atoms with Crippen LogP contribution in [0.5, 0.6) is 0 Å². The number of aryl methyl sites for hydroxylation is 3. The van der Waals surface area contributed by atoms with Crippen LogP contribution < -0.4 is 10.6 Å². The van der Waals surface area contributed by atoms with Gasteiger partial charge in [0.2, 0.25) is 17.7 Å². The summed E-state index contributed by atoms with van der Waals surface area (Å²) in [7, 11) is 0. The highest BCUT2D eigenvalue weighted by Gasteiger charge is 2.09. The van der Waals surface area contributed by atoms with Crippen molar-refractivity contribution in [3.05, 3.63) is 40.0 Å². The van der Waals surface area contributed by atoms with Crippen LogP contribution in [0, 0.1) is 6.92 Å². The fourth-order valence-electron chi connectivity index (χ4n) is 2.13. The number of nitrogens with one attached hydrogen (secondary N) is 2. The lowest BCUT2D eigenvalue weighted by atomic mass is 10.2. The molecule has 0 radical (unpaired) electrons. The number of hydrogen-bond acceptors (Lipinski definition) is 5. The van der Waals surface area contributed by atoms with E-state index in [1.54, 1.807) is 6.07 Å². The second-order valence-electron chi connectivity index (χ2n) is 5.60. The Morgan fingerprint density at radius 1 is 1.28 bits per heavy atom. The second-order valence-corrected chi connectivity index (χ2v) is 6.45. The van der Waals surface area contributed by atoms with Crippen molar-refractivity contribution in [2.24, 2.45) is 0 Å². The molecule has 1 heterocycles. The molecule has 1 aromatic carbocycles. The summed E-state index contributed by atoms with van der Waals surface area (Å²) in [5.41, 5.74) is 1.72. The smallest absolute Gasteiger partial charge is 0.243 e. The molecule has 0 aliphatic heterocycles. The standard InChI is InChI=1S/C17H21BrN4O3/c1-3-14-21-17(25-22-14)6-4-5-15(23)19-10-16(24)20-12-7-8-13(18)11(2)9-12/h7-9H,3-6,10H2,1-2H3,(H,19,23)(H,20,24). The van der Waals surface area contributed by atoms with Crippen LogP contribution >= 0.6 is 15.9 Å². The predicted molar refractivity (Wildman–Crippen MR) is 97.1 cm³/mol. The third-order valence-electron chi connectivity index (χ3n) is 3.51. The van der Waals surface area contributed by atoms with Gasteiger partial charge in [0.25, 0.3) is 0 Å². The van der Waals surface area contributed by atoms with Gasteiger partial charge in [-0.05, 0) is 37.1 Å². The monoisotopic (exact) mass is 408 g/mol. The minimum absolute atomic E-state index is 0.0610. The quantitative estimate of drug-likeness (QED) is 0.699. The van der Waals surface area contributed by atoms with Gasteiger partial charge in [0, 0.05) is 29.4 Å². The number of amides is 2. The third kappa shape index (κ3) is 6.30. The summed E-state index contributed by atoms with van der Waals surface area (Å²) in [4.78, 5) is 27.8. The number of rotatable bonds is 8. The molecule has 0 saturated heterocycles. The highest BCUT2D eigenvalue weighted by molar-refractivity contribution is 9.10. The van der Waals surface area contributed by atoms with E-state index in [-0.39, 0.29) is 18.4 Å². The molecule has 25 heavy (non-hydrogen) atoms. The molecule has 2 rings (SSSR count). The summed E-state index contributed by atoms with van der Waals surface area (Å²) in [6.45, 7) is 3.82. The van der Waals surface area contributed by atoms with E-state index in [0.717, 1.165) is 16.5 Å². The van der Waals surface area contributed by atoms with Gasteiger partial charge in [0.1, 0.15) is 0 Å². The van der Waals surface area contributed by atoms with Gasteiger partial charge in [-0.3, -0.25) is 9.59 Å². The molecule has 2 amide bonds. The van der Waals surface area contributed by atoms with Crippen LogP contribution in [0.25, 0.3) is 0 Å². The first kappa shape index (κ1) is 19.1. The Kier molecular flexibility index (Phi) is 7.12. The molecule has 0 bridgehead atoms. The maximum Gasteiger partial charge on any atom is 0.243 e. The Morgan fingerprint density at radius 2 is 2.08 bits per heavy atom. The summed E-state index contributed by atoms with van der Waals surface area (Å²) in [6, 6.07) is 5.52. The number of hydrogen-bond donors (Lipinski definition) is 2. The number of carbonyl (C=O) groups is 2. The van der Waals surface area contributed by atoms with Crippen molar-refractivity contribution < 1.29 is 14.1 Å². The normalized spacial score (nSPS) is 10.5. The van der Waals surface area contributed by atoms with E-state index in [0.29, 0.717) is 36.7 Å². The highest BCUT2D eigenvalue weighted by Crippen LogP contribution is 2.19. The summed E-state index contributed by atoms with van der Waals surface area (Å²) >= 11 is 3.41. The summed E-state index contributed by atoms with van der Waals surface area (Å²) < 4.78 is 6.04. The zero-order valence-corrected chi connectivity index (χ0v) is 15.9. The van der Waals surface area contributed by atoms with Gasteiger partial charge < -0.3 is 15.2 Å². The zero-order chi connectivity index (χ0) is 18.2. The minimum Gasteiger partial charge on any atom is -0.347 e. The zero-order valence-electron chi connectivity index (χ0n) is 14.3. The highest BCUT2D eigenvalue weighted by atomic mass is 79.9. The number of halogens is 1. The van der Waals surface area contributed by atoms with Crippen molar-refractivity contribution >= 4 is 33.4 Å². The van der Waals surface area contributed by atoms with Crippen molar-refractivity contribution in [2.75, 3.05) is 11.9 Å². The average Bonchev–Trinajstić information content (AvgIpc) is 3.04. The molecule has 134 valence electrons. The molecule has 1 aromatic heterocycles. The molecule has 0 aliphatic carbocycles. The molecule has 0 fully saturated rings. The lowest BCUT2D eigenvalue weighted by Crippen LogP contribution is -2.32. The van der Waals surface area contributed by atoms with Crippen LogP contribution in [-0.2, 0) is 22.4 Å². The molecule has 0 atom stereocenters. The lowest BCUT2D eigenvalue weighted by molar-refractivity contribution is -0.124. The number of anilines is 1. The van der Waals surface area contributed by atoms with Crippen molar-refractivity contribution in [1.82, 2.24) is 15.5 Å². The molecule has 8 heteroatoms. The first-order chi connectivity index (χ1) is 12.0. The Hall–Kier alpha value is -2.22. The maximum atomic E-state index is 11.9. The maximum absolute atomic E-state index is 11.9. The summed E-state index contributed by atoms with van der Waals surface area (Å²) in [5.74, 6) is 0.754. The molecule has 7 nitrogen and oxygen atoms in total. The molecule has 2 aromatic rings. The van der Waals surface area contributed by atoms with Gasteiger partial charge in [0.05, 0.1) is 6.54 Å². The summed E-state index contributed by atoms with van der Waals surface area (Å²) in [5, 5.41) is 9.15. The summed E-state index contributed by atoms with van der Waals surface area (Å²) in [6.07, 6.45) is 2.15. The topological polar surface area (TPSA) is 97.1 Å². The Labute approximate surface area is 154 Å².